The normalized spacial score (nSPS) is 31.7. The Kier molecular flexibility index (Phi) is 5.24. The van der Waals surface area contributed by atoms with Crippen molar-refractivity contribution in [2.24, 2.45) is 17.8 Å². The molecule has 2 amide bonds. The van der Waals surface area contributed by atoms with Crippen molar-refractivity contribution in [1.29, 1.82) is 0 Å². The van der Waals surface area contributed by atoms with Gasteiger partial charge in [-0.25, -0.2) is 0 Å². The predicted octanol–water partition coefficient (Wildman–Crippen LogP) is 1.48. The molecule has 3 fully saturated rings. The van der Waals surface area contributed by atoms with Gasteiger partial charge in [0.15, 0.2) is 0 Å². The van der Waals surface area contributed by atoms with Crippen molar-refractivity contribution in [2.45, 2.75) is 51.0 Å². The topological polar surface area (TPSA) is 52.7 Å². The van der Waals surface area contributed by atoms with Crippen molar-refractivity contribution >= 4 is 11.8 Å². The van der Waals surface area contributed by atoms with Crippen molar-refractivity contribution in [3.05, 3.63) is 0 Å². The Morgan fingerprint density at radius 3 is 2.39 bits per heavy atom. The van der Waals surface area contributed by atoms with Crippen LogP contribution in [0.4, 0.5) is 0 Å². The van der Waals surface area contributed by atoms with Gasteiger partial charge in [-0.2, -0.15) is 0 Å². The molecule has 23 heavy (non-hydrogen) atoms. The molecular weight excluding hydrogens is 290 g/mol. The standard InChI is InChI=1S/C18H31N3O2/c1-20(2)10-13-5-7-16(8-6-13)19-18(23)15-9-17(22)21(12-15)11-14-3-4-14/h13-16H,3-12H2,1-2H3,(H,19,23)/t13?,15-,16?/m1/s1. The first kappa shape index (κ1) is 16.7. The van der Waals surface area contributed by atoms with E-state index in [2.05, 4.69) is 24.3 Å². The van der Waals surface area contributed by atoms with E-state index in [1.165, 1.54) is 25.7 Å². The van der Waals surface area contributed by atoms with Crippen molar-refractivity contribution < 1.29 is 9.59 Å². The average Bonchev–Trinajstić information content (AvgIpc) is 3.23. The summed E-state index contributed by atoms with van der Waals surface area (Å²) in [6, 6.07) is 0.313. The molecule has 3 aliphatic rings. The lowest BCUT2D eigenvalue weighted by atomic mass is 9.85. The van der Waals surface area contributed by atoms with E-state index in [0.717, 1.165) is 31.8 Å². The van der Waals surface area contributed by atoms with E-state index in [9.17, 15) is 9.59 Å². The van der Waals surface area contributed by atoms with Crippen LogP contribution in [0.25, 0.3) is 0 Å². The second-order valence-electron chi connectivity index (χ2n) is 8.13. The fourth-order valence-electron chi connectivity index (χ4n) is 4.06. The smallest absolute Gasteiger partial charge is 0.225 e. The van der Waals surface area contributed by atoms with Crippen LogP contribution >= 0.6 is 0 Å². The van der Waals surface area contributed by atoms with Crippen LogP contribution in [0.3, 0.4) is 0 Å². The molecule has 0 aromatic rings. The van der Waals surface area contributed by atoms with Gasteiger partial charge in [-0.3, -0.25) is 9.59 Å². The molecule has 0 aromatic heterocycles. The highest BCUT2D eigenvalue weighted by atomic mass is 16.2. The molecule has 5 nitrogen and oxygen atoms in total. The van der Waals surface area contributed by atoms with Crippen LogP contribution < -0.4 is 5.32 Å². The van der Waals surface area contributed by atoms with E-state index < -0.39 is 0 Å². The quantitative estimate of drug-likeness (QED) is 0.806. The molecule has 1 N–H and O–H groups in total. The molecule has 5 heteroatoms. The second-order valence-corrected chi connectivity index (χ2v) is 8.13. The Hall–Kier alpha value is -1.10. The number of hydrogen-bond acceptors (Lipinski definition) is 3. The Labute approximate surface area is 139 Å². The molecule has 2 saturated carbocycles. The summed E-state index contributed by atoms with van der Waals surface area (Å²) in [5.41, 5.74) is 0. The van der Waals surface area contributed by atoms with Gasteiger partial charge in [0, 0.05) is 32.1 Å². The molecular formula is C18H31N3O2. The van der Waals surface area contributed by atoms with Crippen LogP contribution in [0.1, 0.15) is 44.9 Å². The van der Waals surface area contributed by atoms with Gasteiger partial charge in [-0.15, -0.1) is 0 Å². The van der Waals surface area contributed by atoms with Crippen LogP contribution in [-0.4, -0.2) is 61.4 Å². The number of likely N-dealkylation sites (tertiary alicyclic amines) is 1. The van der Waals surface area contributed by atoms with Crippen LogP contribution in [0.5, 0.6) is 0 Å². The first-order chi connectivity index (χ1) is 11.0. The molecule has 3 rings (SSSR count). The Morgan fingerprint density at radius 2 is 1.78 bits per heavy atom. The Balaban J connectivity index is 1.40. The summed E-state index contributed by atoms with van der Waals surface area (Å²) < 4.78 is 0. The second kappa shape index (κ2) is 7.20. The monoisotopic (exact) mass is 321 g/mol. The lowest BCUT2D eigenvalue weighted by molar-refractivity contribution is -0.129. The minimum Gasteiger partial charge on any atom is -0.353 e. The first-order valence-corrected chi connectivity index (χ1v) is 9.24. The number of nitrogens with one attached hydrogen (secondary N) is 1. The Bertz CT molecular complexity index is 440. The van der Waals surface area contributed by atoms with Gasteiger partial charge in [0.1, 0.15) is 0 Å². The van der Waals surface area contributed by atoms with E-state index in [0.29, 0.717) is 24.9 Å². The van der Waals surface area contributed by atoms with Crippen molar-refractivity contribution in [1.82, 2.24) is 15.1 Å². The zero-order valence-electron chi connectivity index (χ0n) is 14.6. The lowest BCUT2D eigenvalue weighted by Crippen LogP contribution is -2.42. The van der Waals surface area contributed by atoms with Crippen molar-refractivity contribution in [3.63, 3.8) is 0 Å². The van der Waals surface area contributed by atoms with Crippen molar-refractivity contribution in [2.75, 3.05) is 33.7 Å². The molecule has 0 unspecified atom stereocenters. The highest BCUT2D eigenvalue weighted by molar-refractivity contribution is 5.89. The summed E-state index contributed by atoms with van der Waals surface area (Å²) in [5, 5.41) is 3.21. The number of carbonyl (C=O) groups is 2. The summed E-state index contributed by atoms with van der Waals surface area (Å²) >= 11 is 0. The molecule has 1 saturated heterocycles. The van der Waals surface area contributed by atoms with Gasteiger partial charge < -0.3 is 15.1 Å². The molecule has 130 valence electrons. The number of nitrogens with zero attached hydrogens (tertiary/aromatic N) is 2. The molecule has 0 radical (unpaired) electrons. The molecule has 2 aliphatic carbocycles. The fraction of sp³-hybridized carbons (Fsp3) is 0.889. The summed E-state index contributed by atoms with van der Waals surface area (Å²) in [6.45, 7) is 2.66. The van der Waals surface area contributed by atoms with Crippen LogP contribution in [0.15, 0.2) is 0 Å². The van der Waals surface area contributed by atoms with Gasteiger partial charge in [-0.05, 0) is 64.5 Å². The highest BCUT2D eigenvalue weighted by Gasteiger charge is 2.37. The minimum atomic E-state index is -0.124. The first-order valence-electron chi connectivity index (χ1n) is 9.24. The van der Waals surface area contributed by atoms with Gasteiger partial charge in [0.05, 0.1) is 5.92 Å². The third-order valence-electron chi connectivity index (χ3n) is 5.58. The van der Waals surface area contributed by atoms with E-state index in [4.69, 9.17) is 0 Å². The third kappa shape index (κ3) is 4.69. The predicted molar refractivity (Wildman–Crippen MR) is 89.9 cm³/mol. The summed E-state index contributed by atoms with van der Waals surface area (Å²) in [5.74, 6) is 1.62. The number of carbonyl (C=O) groups excluding carboxylic acids is 2. The molecule has 0 aromatic carbocycles. The molecule has 1 aliphatic heterocycles. The van der Waals surface area contributed by atoms with Gasteiger partial charge >= 0.3 is 0 Å². The fourth-order valence-corrected chi connectivity index (χ4v) is 4.06. The molecule has 1 atom stereocenters. The summed E-state index contributed by atoms with van der Waals surface area (Å²) in [6.07, 6.45) is 7.46. The molecule has 1 heterocycles. The largest absolute Gasteiger partial charge is 0.353 e. The van der Waals surface area contributed by atoms with Gasteiger partial charge in [0.25, 0.3) is 0 Å². The number of rotatable bonds is 6. The zero-order valence-corrected chi connectivity index (χ0v) is 14.6. The van der Waals surface area contributed by atoms with E-state index in [1.54, 1.807) is 0 Å². The van der Waals surface area contributed by atoms with Gasteiger partial charge in [0.2, 0.25) is 11.8 Å². The average molecular weight is 321 g/mol. The van der Waals surface area contributed by atoms with Crippen LogP contribution in [0.2, 0.25) is 0 Å². The maximum absolute atomic E-state index is 12.5. The zero-order chi connectivity index (χ0) is 16.4. The van der Waals surface area contributed by atoms with Crippen molar-refractivity contribution in [3.8, 4) is 0 Å². The van der Waals surface area contributed by atoms with E-state index in [1.807, 2.05) is 4.90 Å². The van der Waals surface area contributed by atoms with E-state index in [-0.39, 0.29) is 17.7 Å². The number of hydrogen-bond donors (Lipinski definition) is 1. The maximum Gasteiger partial charge on any atom is 0.225 e. The highest BCUT2D eigenvalue weighted by Crippen LogP contribution is 2.32. The Morgan fingerprint density at radius 1 is 1.13 bits per heavy atom. The lowest BCUT2D eigenvalue weighted by Gasteiger charge is -2.31. The van der Waals surface area contributed by atoms with Crippen LogP contribution in [-0.2, 0) is 9.59 Å². The SMILES string of the molecule is CN(C)CC1CCC(NC(=O)[C@@H]2CC(=O)N(CC3CC3)C2)CC1. The summed E-state index contributed by atoms with van der Waals surface area (Å²) in [4.78, 5) is 28.7. The molecule has 0 bridgehead atoms. The number of amides is 2. The minimum absolute atomic E-state index is 0.104. The third-order valence-corrected chi connectivity index (χ3v) is 5.58. The van der Waals surface area contributed by atoms with Crippen LogP contribution in [0, 0.1) is 17.8 Å². The van der Waals surface area contributed by atoms with Gasteiger partial charge in [-0.1, -0.05) is 0 Å². The summed E-state index contributed by atoms with van der Waals surface area (Å²) in [7, 11) is 4.25. The molecule has 0 spiro atoms. The maximum atomic E-state index is 12.5. The van der Waals surface area contributed by atoms with E-state index >= 15 is 0 Å².